The molecule has 2 heterocycles. The lowest BCUT2D eigenvalue weighted by Gasteiger charge is -2.31. The van der Waals surface area contributed by atoms with Crippen LogP contribution in [0.4, 0.5) is 4.79 Å². The maximum Gasteiger partial charge on any atom is 0.317 e. The zero-order valence-electron chi connectivity index (χ0n) is 11.9. The molecule has 0 unspecified atom stereocenters. The van der Waals surface area contributed by atoms with Gasteiger partial charge < -0.3 is 15.3 Å². The molecule has 2 amide bonds. The van der Waals surface area contributed by atoms with E-state index in [1.807, 2.05) is 0 Å². The van der Waals surface area contributed by atoms with E-state index in [9.17, 15) is 9.59 Å². The van der Waals surface area contributed by atoms with E-state index in [4.69, 9.17) is 5.11 Å². The Hall–Kier alpha value is -2.12. The molecule has 2 rings (SSSR count). The zero-order chi connectivity index (χ0) is 15.1. The van der Waals surface area contributed by atoms with Crippen LogP contribution in [0.25, 0.3) is 0 Å². The second kappa shape index (κ2) is 7.61. The molecule has 0 saturated carbocycles. The molecule has 0 spiro atoms. The number of aryl methyl sites for hydroxylation is 1. The summed E-state index contributed by atoms with van der Waals surface area (Å²) in [6.07, 6.45) is 5.93. The zero-order valence-corrected chi connectivity index (χ0v) is 11.9. The summed E-state index contributed by atoms with van der Waals surface area (Å²) >= 11 is 0. The quantitative estimate of drug-likeness (QED) is 0.747. The normalized spacial score (nSPS) is 15.9. The van der Waals surface area contributed by atoms with E-state index in [0.717, 1.165) is 25.8 Å². The van der Waals surface area contributed by atoms with Crippen LogP contribution in [-0.4, -0.2) is 56.6 Å². The molecule has 1 fully saturated rings. The van der Waals surface area contributed by atoms with Gasteiger partial charge in [-0.15, -0.1) is 5.10 Å². The predicted octanol–water partition coefficient (Wildman–Crippen LogP) is 0.564. The summed E-state index contributed by atoms with van der Waals surface area (Å²) in [7, 11) is 0. The van der Waals surface area contributed by atoms with Gasteiger partial charge in [-0.25, -0.2) is 4.79 Å². The second-order valence-electron chi connectivity index (χ2n) is 5.28. The Morgan fingerprint density at radius 2 is 2.10 bits per heavy atom. The third-order valence-electron chi connectivity index (χ3n) is 3.68. The van der Waals surface area contributed by atoms with Crippen LogP contribution in [0.2, 0.25) is 0 Å². The molecular formula is C13H21N5O3. The van der Waals surface area contributed by atoms with Gasteiger partial charge in [0.1, 0.15) is 0 Å². The number of amides is 2. The molecule has 1 aromatic rings. The van der Waals surface area contributed by atoms with Crippen molar-refractivity contribution in [2.45, 2.75) is 32.2 Å². The third-order valence-corrected chi connectivity index (χ3v) is 3.68. The maximum absolute atomic E-state index is 12.0. The fourth-order valence-electron chi connectivity index (χ4n) is 2.49. The van der Waals surface area contributed by atoms with Crippen molar-refractivity contribution in [3.63, 3.8) is 0 Å². The highest BCUT2D eigenvalue weighted by molar-refractivity contribution is 5.74. The Labute approximate surface area is 123 Å². The van der Waals surface area contributed by atoms with Crippen molar-refractivity contribution in [3.05, 3.63) is 12.4 Å². The lowest BCUT2D eigenvalue weighted by Crippen LogP contribution is -2.45. The van der Waals surface area contributed by atoms with E-state index in [1.54, 1.807) is 22.0 Å². The van der Waals surface area contributed by atoms with Gasteiger partial charge in [0, 0.05) is 38.8 Å². The molecule has 0 atom stereocenters. The fourth-order valence-corrected chi connectivity index (χ4v) is 2.49. The molecule has 2 N–H and O–H groups in total. The number of piperidine rings is 1. The molecule has 0 aliphatic carbocycles. The number of hydrogen-bond acceptors (Lipinski definition) is 4. The number of aromatic nitrogens is 3. The van der Waals surface area contributed by atoms with Crippen LogP contribution < -0.4 is 5.32 Å². The summed E-state index contributed by atoms with van der Waals surface area (Å²) < 4.78 is 1.73. The first kappa shape index (κ1) is 15.3. The molecule has 1 aliphatic rings. The van der Waals surface area contributed by atoms with E-state index >= 15 is 0 Å². The van der Waals surface area contributed by atoms with Crippen LogP contribution in [0.1, 0.15) is 25.7 Å². The fraction of sp³-hybridized carbons (Fsp3) is 0.692. The standard InChI is InChI=1S/C13H21N5O3/c19-12(20)10-11-2-7-17(8-3-11)13(21)14-4-1-6-18-9-5-15-16-18/h5,9,11H,1-4,6-8,10H2,(H,14,21)(H,19,20). The van der Waals surface area contributed by atoms with Crippen LogP contribution in [0, 0.1) is 5.92 Å². The lowest BCUT2D eigenvalue weighted by molar-refractivity contribution is -0.138. The minimum Gasteiger partial charge on any atom is -0.481 e. The molecule has 1 aliphatic heterocycles. The van der Waals surface area contributed by atoms with Crippen LogP contribution in [0.15, 0.2) is 12.4 Å². The molecular weight excluding hydrogens is 274 g/mol. The van der Waals surface area contributed by atoms with Gasteiger partial charge >= 0.3 is 12.0 Å². The Morgan fingerprint density at radius 3 is 2.71 bits per heavy atom. The minimum absolute atomic E-state index is 0.0673. The van der Waals surface area contributed by atoms with Gasteiger partial charge in [0.2, 0.25) is 0 Å². The van der Waals surface area contributed by atoms with Crippen LogP contribution in [-0.2, 0) is 11.3 Å². The molecule has 0 bridgehead atoms. The summed E-state index contributed by atoms with van der Waals surface area (Å²) in [6, 6.07) is -0.0673. The predicted molar refractivity (Wildman–Crippen MR) is 74.6 cm³/mol. The Kier molecular flexibility index (Phi) is 5.53. The summed E-state index contributed by atoms with van der Waals surface area (Å²) in [5, 5.41) is 19.2. The number of urea groups is 1. The number of carbonyl (C=O) groups excluding carboxylic acids is 1. The molecule has 8 nitrogen and oxygen atoms in total. The highest BCUT2D eigenvalue weighted by Crippen LogP contribution is 2.20. The first-order chi connectivity index (χ1) is 10.1. The average Bonchev–Trinajstić information content (AvgIpc) is 2.97. The number of nitrogens with zero attached hydrogens (tertiary/aromatic N) is 4. The topological polar surface area (TPSA) is 100 Å². The van der Waals surface area contributed by atoms with Gasteiger partial charge in [-0.05, 0) is 25.2 Å². The van der Waals surface area contributed by atoms with E-state index in [-0.39, 0.29) is 18.4 Å². The van der Waals surface area contributed by atoms with E-state index in [2.05, 4.69) is 15.6 Å². The minimum atomic E-state index is -0.758. The van der Waals surface area contributed by atoms with Crippen molar-refractivity contribution in [3.8, 4) is 0 Å². The first-order valence-corrected chi connectivity index (χ1v) is 7.24. The number of aliphatic carboxylic acids is 1. The molecule has 1 aromatic heterocycles. The van der Waals surface area contributed by atoms with Crippen LogP contribution >= 0.6 is 0 Å². The molecule has 21 heavy (non-hydrogen) atoms. The summed E-state index contributed by atoms with van der Waals surface area (Å²) in [4.78, 5) is 24.4. The Balaban J connectivity index is 1.60. The Morgan fingerprint density at radius 1 is 1.33 bits per heavy atom. The third kappa shape index (κ3) is 5.05. The first-order valence-electron chi connectivity index (χ1n) is 7.24. The average molecular weight is 295 g/mol. The molecule has 1 saturated heterocycles. The molecule has 0 radical (unpaired) electrons. The van der Waals surface area contributed by atoms with Crippen molar-refractivity contribution in [2.75, 3.05) is 19.6 Å². The van der Waals surface area contributed by atoms with Crippen molar-refractivity contribution < 1.29 is 14.7 Å². The van der Waals surface area contributed by atoms with Gasteiger partial charge in [-0.3, -0.25) is 9.48 Å². The van der Waals surface area contributed by atoms with Gasteiger partial charge in [0.05, 0.1) is 6.20 Å². The van der Waals surface area contributed by atoms with E-state index in [1.165, 1.54) is 0 Å². The van der Waals surface area contributed by atoms with Crippen LogP contribution in [0.5, 0.6) is 0 Å². The van der Waals surface area contributed by atoms with Crippen molar-refractivity contribution in [1.82, 2.24) is 25.2 Å². The number of hydrogen-bond donors (Lipinski definition) is 2. The van der Waals surface area contributed by atoms with Crippen molar-refractivity contribution >= 4 is 12.0 Å². The number of likely N-dealkylation sites (tertiary alicyclic amines) is 1. The van der Waals surface area contributed by atoms with Gasteiger partial charge in [0.25, 0.3) is 0 Å². The Bertz CT molecular complexity index is 454. The van der Waals surface area contributed by atoms with Gasteiger partial charge in [-0.1, -0.05) is 5.21 Å². The summed E-state index contributed by atoms with van der Waals surface area (Å²) in [6.45, 7) is 2.58. The highest BCUT2D eigenvalue weighted by atomic mass is 16.4. The molecule has 0 aromatic carbocycles. The van der Waals surface area contributed by atoms with Gasteiger partial charge in [0.15, 0.2) is 0 Å². The largest absolute Gasteiger partial charge is 0.481 e. The number of carboxylic acid groups (broad SMARTS) is 1. The molecule has 116 valence electrons. The summed E-state index contributed by atoms with van der Waals surface area (Å²) in [5.74, 6) is -0.565. The maximum atomic E-state index is 12.0. The molecule has 8 heteroatoms. The number of carbonyl (C=O) groups is 2. The van der Waals surface area contributed by atoms with Crippen molar-refractivity contribution in [2.24, 2.45) is 5.92 Å². The van der Waals surface area contributed by atoms with Gasteiger partial charge in [-0.2, -0.15) is 0 Å². The SMILES string of the molecule is O=C(O)CC1CCN(C(=O)NCCCn2ccnn2)CC1. The number of rotatable bonds is 6. The number of nitrogens with one attached hydrogen (secondary N) is 1. The smallest absolute Gasteiger partial charge is 0.317 e. The van der Waals surface area contributed by atoms with Crippen molar-refractivity contribution in [1.29, 1.82) is 0 Å². The van der Waals surface area contributed by atoms with Crippen LogP contribution in [0.3, 0.4) is 0 Å². The monoisotopic (exact) mass is 295 g/mol. The highest BCUT2D eigenvalue weighted by Gasteiger charge is 2.23. The van der Waals surface area contributed by atoms with E-state index < -0.39 is 5.97 Å². The summed E-state index contributed by atoms with van der Waals surface area (Å²) in [5.41, 5.74) is 0. The lowest BCUT2D eigenvalue weighted by atomic mass is 9.94. The number of carboxylic acids is 1. The second-order valence-corrected chi connectivity index (χ2v) is 5.28. The van der Waals surface area contributed by atoms with E-state index in [0.29, 0.717) is 19.6 Å².